The Morgan fingerprint density at radius 2 is 1.94 bits per heavy atom. The third-order valence-corrected chi connectivity index (χ3v) is 7.43. The van der Waals surface area contributed by atoms with E-state index >= 15 is 0 Å². The molecule has 2 aliphatic heterocycles. The van der Waals surface area contributed by atoms with Crippen molar-refractivity contribution in [3.63, 3.8) is 0 Å². The first-order chi connectivity index (χ1) is 15.9. The van der Waals surface area contributed by atoms with E-state index in [1.165, 1.54) is 11.3 Å². The molecule has 4 rings (SSSR count). The molecule has 2 fully saturated rings. The maximum absolute atomic E-state index is 12.6. The number of H-pyrrole nitrogens is 1. The molecule has 1 aromatic carbocycles. The summed E-state index contributed by atoms with van der Waals surface area (Å²) >= 11 is 0. The van der Waals surface area contributed by atoms with Crippen molar-refractivity contribution < 1.29 is 4.79 Å². The molecule has 3 unspecified atom stereocenters. The van der Waals surface area contributed by atoms with Crippen LogP contribution in [-0.2, 0) is 6.42 Å². The van der Waals surface area contributed by atoms with Crippen molar-refractivity contribution in [2.75, 3.05) is 45.2 Å². The zero-order chi connectivity index (χ0) is 23.4. The van der Waals surface area contributed by atoms with Crippen LogP contribution in [0.1, 0.15) is 42.6 Å². The molecular weight excluding hydrogens is 414 g/mol. The van der Waals surface area contributed by atoms with Gasteiger partial charge in [-0.25, -0.2) is 0 Å². The van der Waals surface area contributed by atoms with Crippen LogP contribution < -0.4 is 20.9 Å². The highest BCUT2D eigenvalue weighted by Gasteiger charge is 2.50. The smallest absolute Gasteiger partial charge is 0.251 e. The van der Waals surface area contributed by atoms with Gasteiger partial charge in [0, 0.05) is 48.7 Å². The summed E-state index contributed by atoms with van der Waals surface area (Å²) in [7, 11) is 4.01. The summed E-state index contributed by atoms with van der Waals surface area (Å²) in [4.78, 5) is 17.3. The summed E-state index contributed by atoms with van der Waals surface area (Å²) < 4.78 is 0. The number of nitrogens with zero attached hydrogens (tertiary/aromatic N) is 3. The van der Waals surface area contributed by atoms with E-state index in [1.807, 2.05) is 38.6 Å². The van der Waals surface area contributed by atoms with Gasteiger partial charge in [-0.3, -0.25) is 9.89 Å². The number of piperidine rings is 1. The van der Waals surface area contributed by atoms with Gasteiger partial charge in [-0.2, -0.15) is 5.10 Å². The Kier molecular flexibility index (Phi) is 7.36. The van der Waals surface area contributed by atoms with Crippen LogP contribution in [0.5, 0.6) is 0 Å². The normalized spacial score (nSPS) is 24.9. The highest BCUT2D eigenvalue weighted by atomic mass is 16.1. The molecule has 0 radical (unpaired) electrons. The molecule has 2 aromatic rings. The predicted molar refractivity (Wildman–Crippen MR) is 133 cm³/mol. The molecule has 2 saturated heterocycles. The van der Waals surface area contributed by atoms with Crippen LogP contribution in [0.25, 0.3) is 0 Å². The van der Waals surface area contributed by atoms with Gasteiger partial charge >= 0.3 is 0 Å². The number of likely N-dealkylation sites (N-methyl/N-ethyl adjacent to an activating group) is 1. The Balaban J connectivity index is 1.62. The molecule has 8 heteroatoms. The zero-order valence-electron chi connectivity index (χ0n) is 20.4. The third-order valence-electron chi connectivity index (χ3n) is 7.43. The molecule has 0 bridgehead atoms. The highest BCUT2D eigenvalue weighted by Crippen LogP contribution is 2.40. The van der Waals surface area contributed by atoms with Crippen LogP contribution >= 0.6 is 0 Å². The van der Waals surface area contributed by atoms with Gasteiger partial charge in [0.25, 0.3) is 5.91 Å². The number of aromatic amines is 1. The summed E-state index contributed by atoms with van der Waals surface area (Å²) in [5.41, 5.74) is 3.14. The lowest BCUT2D eigenvalue weighted by Gasteiger charge is -2.60. The Bertz CT molecular complexity index is 890. The van der Waals surface area contributed by atoms with Crippen LogP contribution in [0.4, 0.5) is 5.69 Å². The number of piperazine rings is 1. The number of carbonyl (C=O) groups is 1. The van der Waals surface area contributed by atoms with Crippen LogP contribution in [0, 0.1) is 0 Å². The predicted octanol–water partition coefficient (Wildman–Crippen LogP) is 1.62. The SMILES string of the molecule is CC1NC(C)C2(CCNCC2)N(c2ccc(C(=O)NCCN(C)C)cc2)C1Cc1cn[nH]c1. The molecule has 2 aliphatic rings. The maximum Gasteiger partial charge on any atom is 0.251 e. The van der Waals surface area contributed by atoms with Crippen molar-refractivity contribution >= 4 is 11.6 Å². The minimum Gasteiger partial charge on any atom is -0.359 e. The Labute approximate surface area is 197 Å². The summed E-state index contributed by atoms with van der Waals surface area (Å²) in [6.07, 6.45) is 7.02. The molecule has 1 aromatic heterocycles. The van der Waals surface area contributed by atoms with E-state index in [2.05, 4.69) is 61.9 Å². The molecule has 4 N–H and O–H groups in total. The summed E-state index contributed by atoms with van der Waals surface area (Å²) in [6, 6.07) is 9.20. The van der Waals surface area contributed by atoms with Crippen molar-refractivity contribution in [3.8, 4) is 0 Å². The van der Waals surface area contributed by atoms with E-state index in [9.17, 15) is 4.79 Å². The number of hydrogen-bond acceptors (Lipinski definition) is 6. The lowest BCUT2D eigenvalue weighted by atomic mass is 9.74. The lowest BCUT2D eigenvalue weighted by Crippen LogP contribution is -2.75. The number of aromatic nitrogens is 2. The summed E-state index contributed by atoms with van der Waals surface area (Å²) in [5.74, 6) is -0.0167. The van der Waals surface area contributed by atoms with Gasteiger partial charge in [0.05, 0.1) is 11.7 Å². The van der Waals surface area contributed by atoms with Crippen LogP contribution in [0.15, 0.2) is 36.7 Å². The molecule has 8 nitrogen and oxygen atoms in total. The standard InChI is InChI=1S/C25H39N7O/c1-18-23(15-20-16-28-29-17-20)32(25(19(2)30-18)9-11-26-12-10-25)22-7-5-21(6-8-22)24(33)27-13-14-31(3)4/h5-8,16-19,23,26,30H,9-15H2,1-4H3,(H,27,33)(H,28,29). The van der Waals surface area contributed by atoms with Gasteiger partial charge in [-0.15, -0.1) is 0 Å². The number of carbonyl (C=O) groups excluding carboxylic acids is 1. The van der Waals surface area contributed by atoms with Crippen molar-refractivity contribution in [3.05, 3.63) is 47.8 Å². The van der Waals surface area contributed by atoms with E-state index in [0.29, 0.717) is 24.2 Å². The number of nitrogens with one attached hydrogen (secondary N) is 4. The topological polar surface area (TPSA) is 88.3 Å². The van der Waals surface area contributed by atoms with E-state index in [0.717, 1.165) is 38.9 Å². The van der Waals surface area contributed by atoms with Gasteiger partial charge < -0.3 is 25.8 Å². The highest BCUT2D eigenvalue weighted by molar-refractivity contribution is 5.94. The molecule has 1 spiro atoms. The van der Waals surface area contributed by atoms with Gasteiger partial charge in [0.1, 0.15) is 0 Å². The average Bonchev–Trinajstić information content (AvgIpc) is 3.32. The van der Waals surface area contributed by atoms with Gasteiger partial charge in [-0.1, -0.05) is 0 Å². The first kappa shape index (κ1) is 23.7. The molecule has 180 valence electrons. The van der Waals surface area contributed by atoms with Crippen LogP contribution in [-0.4, -0.2) is 84.9 Å². The fraction of sp³-hybridized carbons (Fsp3) is 0.600. The van der Waals surface area contributed by atoms with Crippen molar-refractivity contribution in [1.82, 2.24) is 31.0 Å². The number of benzene rings is 1. The molecule has 3 heterocycles. The third kappa shape index (κ3) is 5.08. The summed E-state index contributed by atoms with van der Waals surface area (Å²) in [6.45, 7) is 8.11. The largest absolute Gasteiger partial charge is 0.359 e. The average molecular weight is 454 g/mol. The van der Waals surface area contributed by atoms with Crippen LogP contribution in [0.3, 0.4) is 0 Å². The maximum atomic E-state index is 12.6. The molecular formula is C25H39N7O. The fourth-order valence-corrected chi connectivity index (χ4v) is 5.57. The molecule has 1 amide bonds. The number of anilines is 1. The summed E-state index contributed by atoms with van der Waals surface area (Å²) in [5, 5.41) is 17.6. The second-order valence-electron chi connectivity index (χ2n) is 9.88. The first-order valence-electron chi connectivity index (χ1n) is 12.2. The number of amides is 1. The molecule has 33 heavy (non-hydrogen) atoms. The second-order valence-corrected chi connectivity index (χ2v) is 9.88. The van der Waals surface area contributed by atoms with E-state index in [-0.39, 0.29) is 17.5 Å². The van der Waals surface area contributed by atoms with Crippen molar-refractivity contribution in [2.24, 2.45) is 0 Å². The van der Waals surface area contributed by atoms with Crippen molar-refractivity contribution in [2.45, 2.75) is 56.8 Å². The van der Waals surface area contributed by atoms with Crippen LogP contribution in [0.2, 0.25) is 0 Å². The minimum atomic E-state index is -0.0167. The van der Waals surface area contributed by atoms with Gasteiger partial charge in [0.2, 0.25) is 0 Å². The zero-order valence-corrected chi connectivity index (χ0v) is 20.4. The Morgan fingerprint density at radius 3 is 2.58 bits per heavy atom. The Morgan fingerprint density at radius 1 is 1.21 bits per heavy atom. The quantitative estimate of drug-likeness (QED) is 0.510. The van der Waals surface area contributed by atoms with E-state index in [4.69, 9.17) is 0 Å². The Hall–Kier alpha value is -2.42. The number of rotatable bonds is 7. The van der Waals surface area contributed by atoms with Gasteiger partial charge in [-0.05, 0) is 90.1 Å². The minimum absolute atomic E-state index is 0.0167. The second kappa shape index (κ2) is 10.2. The van der Waals surface area contributed by atoms with Crippen molar-refractivity contribution in [1.29, 1.82) is 0 Å². The fourth-order valence-electron chi connectivity index (χ4n) is 5.57. The molecule has 0 saturated carbocycles. The lowest BCUT2D eigenvalue weighted by molar-refractivity contribution is 0.0951. The number of hydrogen-bond donors (Lipinski definition) is 4. The molecule has 0 aliphatic carbocycles. The first-order valence-corrected chi connectivity index (χ1v) is 12.2. The van der Waals surface area contributed by atoms with Gasteiger partial charge in [0.15, 0.2) is 0 Å². The molecule has 3 atom stereocenters. The van der Waals surface area contributed by atoms with E-state index < -0.39 is 0 Å². The monoisotopic (exact) mass is 453 g/mol. The van der Waals surface area contributed by atoms with E-state index in [1.54, 1.807) is 0 Å².